The van der Waals surface area contributed by atoms with Crippen LogP contribution in [0.2, 0.25) is 0 Å². The second kappa shape index (κ2) is 8.62. The van der Waals surface area contributed by atoms with E-state index >= 15 is 0 Å². The van der Waals surface area contributed by atoms with Crippen LogP contribution in [0.5, 0.6) is 0 Å². The molecule has 2 rings (SSSR count). The van der Waals surface area contributed by atoms with Crippen LogP contribution in [0.25, 0.3) is 10.9 Å². The summed E-state index contributed by atoms with van der Waals surface area (Å²) in [5.74, 6) is -1.09. The topological polar surface area (TPSA) is 100 Å². The van der Waals surface area contributed by atoms with Crippen LogP contribution < -0.4 is 10.6 Å². The van der Waals surface area contributed by atoms with Crippen LogP contribution in [-0.4, -0.2) is 48.4 Å². The maximum atomic E-state index is 13.0. The summed E-state index contributed by atoms with van der Waals surface area (Å²) in [6, 6.07) is 5.98. The SMILES string of the molecule is CN[C@H](C(=O)N[C@H](COC(C)=O)C(=O)c1c[nH]c2ccccc12)C(C)C. The number of H-pyrrole nitrogens is 1. The van der Waals surface area contributed by atoms with Crippen LogP contribution in [0.15, 0.2) is 30.5 Å². The number of benzene rings is 1. The number of aromatic amines is 1. The predicted octanol–water partition coefficient (Wildman–Crippen LogP) is 1.64. The number of ether oxygens (including phenoxy) is 1. The molecule has 0 spiro atoms. The molecule has 0 saturated carbocycles. The quantitative estimate of drug-likeness (QED) is 0.491. The fourth-order valence-corrected chi connectivity index (χ4v) is 2.88. The van der Waals surface area contributed by atoms with E-state index in [-0.39, 0.29) is 24.2 Å². The largest absolute Gasteiger partial charge is 0.463 e. The van der Waals surface area contributed by atoms with Gasteiger partial charge >= 0.3 is 5.97 Å². The molecule has 0 saturated heterocycles. The van der Waals surface area contributed by atoms with Crippen LogP contribution in [0.1, 0.15) is 31.1 Å². The summed E-state index contributed by atoms with van der Waals surface area (Å²) < 4.78 is 5.00. The van der Waals surface area contributed by atoms with Gasteiger partial charge in [-0.15, -0.1) is 0 Å². The van der Waals surface area contributed by atoms with E-state index in [0.29, 0.717) is 5.56 Å². The van der Waals surface area contributed by atoms with Gasteiger partial charge in [0.2, 0.25) is 5.91 Å². The van der Waals surface area contributed by atoms with E-state index in [0.717, 1.165) is 10.9 Å². The van der Waals surface area contributed by atoms with Crippen molar-refractivity contribution in [2.45, 2.75) is 32.9 Å². The van der Waals surface area contributed by atoms with E-state index < -0.39 is 18.1 Å². The first kappa shape index (κ1) is 19.7. The lowest BCUT2D eigenvalue weighted by molar-refractivity contribution is -0.142. The second-order valence-electron chi connectivity index (χ2n) is 6.49. The van der Waals surface area contributed by atoms with E-state index in [2.05, 4.69) is 15.6 Å². The second-order valence-corrected chi connectivity index (χ2v) is 6.49. The van der Waals surface area contributed by atoms with Crippen LogP contribution in [-0.2, 0) is 14.3 Å². The molecule has 1 heterocycles. The number of fused-ring (bicyclic) bond motifs is 1. The Hall–Kier alpha value is -2.67. The van der Waals surface area contributed by atoms with Gasteiger partial charge in [0, 0.05) is 29.6 Å². The van der Waals surface area contributed by atoms with E-state index in [1.165, 1.54) is 6.92 Å². The van der Waals surface area contributed by atoms with Crippen molar-refractivity contribution in [2.75, 3.05) is 13.7 Å². The van der Waals surface area contributed by atoms with E-state index in [1.807, 2.05) is 38.1 Å². The Morgan fingerprint density at radius 2 is 1.88 bits per heavy atom. The number of hydrogen-bond acceptors (Lipinski definition) is 5. The summed E-state index contributed by atoms with van der Waals surface area (Å²) in [5, 5.41) is 6.41. The summed E-state index contributed by atoms with van der Waals surface area (Å²) in [4.78, 5) is 39.8. The number of carbonyl (C=O) groups excluding carboxylic acids is 3. The number of likely N-dealkylation sites (N-methyl/N-ethyl adjacent to an activating group) is 1. The number of ketones is 1. The van der Waals surface area contributed by atoms with Gasteiger partial charge in [-0.05, 0) is 19.0 Å². The van der Waals surface area contributed by atoms with Gasteiger partial charge < -0.3 is 20.4 Å². The van der Waals surface area contributed by atoms with Gasteiger partial charge in [-0.25, -0.2) is 0 Å². The number of carbonyl (C=O) groups is 3. The molecule has 7 heteroatoms. The number of hydrogen-bond donors (Lipinski definition) is 3. The molecule has 3 N–H and O–H groups in total. The lowest BCUT2D eigenvalue weighted by Crippen LogP contribution is -2.53. The number of rotatable bonds is 8. The molecule has 140 valence electrons. The average molecular weight is 359 g/mol. The fraction of sp³-hybridized carbons (Fsp3) is 0.421. The average Bonchev–Trinajstić information content (AvgIpc) is 3.02. The Balaban J connectivity index is 2.27. The van der Waals surface area contributed by atoms with E-state index in [1.54, 1.807) is 13.2 Å². The minimum absolute atomic E-state index is 0.0394. The Labute approximate surface area is 152 Å². The highest BCUT2D eigenvalue weighted by Gasteiger charge is 2.29. The standard InChI is InChI=1S/C19H25N3O4/c1-11(2)17(20-4)19(25)22-16(10-26-12(3)23)18(24)14-9-21-15-8-6-5-7-13(14)15/h5-9,11,16-17,20-21H,10H2,1-4H3,(H,22,25)/t16-,17+/m1/s1. The summed E-state index contributed by atoms with van der Waals surface area (Å²) >= 11 is 0. The highest BCUT2D eigenvalue weighted by Crippen LogP contribution is 2.19. The molecule has 0 radical (unpaired) electrons. The third-order valence-electron chi connectivity index (χ3n) is 4.20. The Bertz CT molecular complexity index is 797. The lowest BCUT2D eigenvalue weighted by atomic mass is 10.0. The van der Waals surface area contributed by atoms with E-state index in [9.17, 15) is 14.4 Å². The smallest absolute Gasteiger partial charge is 0.302 e. The number of esters is 1. The summed E-state index contributed by atoms with van der Waals surface area (Å²) in [6.07, 6.45) is 1.61. The molecular weight excluding hydrogens is 334 g/mol. The number of para-hydroxylation sites is 1. The molecule has 1 amide bonds. The molecule has 26 heavy (non-hydrogen) atoms. The van der Waals surface area contributed by atoms with Gasteiger partial charge in [0.25, 0.3) is 0 Å². The molecule has 7 nitrogen and oxygen atoms in total. The van der Waals surface area contributed by atoms with Gasteiger partial charge in [0.05, 0.1) is 6.04 Å². The van der Waals surface area contributed by atoms with Crippen molar-refractivity contribution in [3.63, 3.8) is 0 Å². The lowest BCUT2D eigenvalue weighted by Gasteiger charge is -2.23. The van der Waals surface area contributed by atoms with Crippen molar-refractivity contribution in [1.82, 2.24) is 15.6 Å². The minimum atomic E-state index is -0.958. The molecule has 1 aromatic heterocycles. The minimum Gasteiger partial charge on any atom is -0.463 e. The zero-order chi connectivity index (χ0) is 19.3. The monoisotopic (exact) mass is 359 g/mol. The molecule has 1 aromatic carbocycles. The Kier molecular flexibility index (Phi) is 6.52. The van der Waals surface area contributed by atoms with Crippen molar-refractivity contribution in [3.05, 3.63) is 36.0 Å². The first-order valence-corrected chi connectivity index (χ1v) is 8.56. The molecule has 0 fully saturated rings. The van der Waals surface area contributed by atoms with Crippen LogP contribution in [0.4, 0.5) is 0 Å². The van der Waals surface area contributed by atoms with Crippen molar-refractivity contribution < 1.29 is 19.1 Å². The molecule has 0 bridgehead atoms. The highest BCUT2D eigenvalue weighted by atomic mass is 16.5. The molecule has 0 aliphatic heterocycles. The summed E-state index contributed by atoms with van der Waals surface area (Å²) in [7, 11) is 1.69. The van der Waals surface area contributed by atoms with Gasteiger partial charge in [-0.2, -0.15) is 0 Å². The van der Waals surface area contributed by atoms with Gasteiger partial charge in [0.15, 0.2) is 5.78 Å². The van der Waals surface area contributed by atoms with Crippen molar-refractivity contribution in [2.24, 2.45) is 5.92 Å². The van der Waals surface area contributed by atoms with Crippen LogP contribution >= 0.6 is 0 Å². The molecule has 0 aliphatic carbocycles. The van der Waals surface area contributed by atoms with Gasteiger partial charge in [-0.3, -0.25) is 14.4 Å². The molecule has 2 atom stereocenters. The Morgan fingerprint density at radius 1 is 1.19 bits per heavy atom. The van der Waals surface area contributed by atoms with E-state index in [4.69, 9.17) is 4.74 Å². The van der Waals surface area contributed by atoms with Crippen molar-refractivity contribution >= 4 is 28.6 Å². The van der Waals surface area contributed by atoms with Crippen molar-refractivity contribution in [1.29, 1.82) is 0 Å². The van der Waals surface area contributed by atoms with Crippen molar-refractivity contribution in [3.8, 4) is 0 Å². The first-order valence-electron chi connectivity index (χ1n) is 8.56. The van der Waals surface area contributed by atoms with Crippen LogP contribution in [0.3, 0.4) is 0 Å². The Morgan fingerprint density at radius 3 is 2.50 bits per heavy atom. The molecule has 0 aliphatic rings. The number of aromatic nitrogens is 1. The summed E-state index contributed by atoms with van der Waals surface area (Å²) in [6.45, 7) is 4.86. The highest BCUT2D eigenvalue weighted by molar-refractivity contribution is 6.11. The summed E-state index contributed by atoms with van der Waals surface area (Å²) in [5.41, 5.74) is 1.27. The predicted molar refractivity (Wildman–Crippen MR) is 98.9 cm³/mol. The van der Waals surface area contributed by atoms with Gasteiger partial charge in [0.1, 0.15) is 12.6 Å². The molecular formula is C19H25N3O4. The zero-order valence-electron chi connectivity index (χ0n) is 15.5. The fourth-order valence-electron chi connectivity index (χ4n) is 2.88. The van der Waals surface area contributed by atoms with Crippen LogP contribution in [0, 0.1) is 5.92 Å². The number of amides is 1. The number of Topliss-reactive ketones (excluding diaryl/α,β-unsaturated/α-hetero) is 1. The zero-order valence-corrected chi connectivity index (χ0v) is 15.5. The maximum absolute atomic E-state index is 13.0. The molecule has 0 unspecified atom stereocenters. The number of nitrogens with one attached hydrogen (secondary N) is 3. The third kappa shape index (κ3) is 4.49. The normalized spacial score (nSPS) is 13.4. The maximum Gasteiger partial charge on any atom is 0.302 e. The first-order chi connectivity index (χ1) is 12.3. The third-order valence-corrected chi connectivity index (χ3v) is 4.20. The molecule has 2 aromatic rings. The van der Waals surface area contributed by atoms with Gasteiger partial charge in [-0.1, -0.05) is 32.0 Å².